The molecule has 2 aromatic rings. The Labute approximate surface area is 221 Å². The normalized spacial score (nSPS) is 17.7. The molecule has 4 rings (SSSR count). The van der Waals surface area contributed by atoms with Gasteiger partial charge in [0, 0.05) is 25.7 Å². The van der Waals surface area contributed by atoms with Crippen molar-refractivity contribution in [3.05, 3.63) is 53.1 Å². The van der Waals surface area contributed by atoms with Crippen LogP contribution in [0.3, 0.4) is 0 Å². The highest BCUT2D eigenvalue weighted by atomic mass is 16.5. The molecule has 204 valence electrons. The molecule has 0 spiro atoms. The summed E-state index contributed by atoms with van der Waals surface area (Å²) >= 11 is 0. The Hall–Kier alpha value is -4.79. The number of nitrogens with one attached hydrogen (secondary N) is 2. The number of fused-ring (bicyclic) bond motifs is 1. The van der Waals surface area contributed by atoms with Gasteiger partial charge in [0.1, 0.15) is 23.3 Å². The van der Waals surface area contributed by atoms with Crippen molar-refractivity contribution in [3.8, 4) is 17.2 Å². The van der Waals surface area contributed by atoms with Gasteiger partial charge in [0.05, 0.1) is 11.5 Å². The largest absolute Gasteiger partial charge is 0.547 e. The number of nitrogens with zero attached hydrogens (tertiary/aromatic N) is 2. The van der Waals surface area contributed by atoms with Gasteiger partial charge in [0.2, 0.25) is 5.91 Å². The van der Waals surface area contributed by atoms with E-state index < -0.39 is 60.3 Å². The number of piperazine rings is 1. The molecule has 0 bridgehead atoms. The number of urea groups is 1. The smallest absolute Gasteiger partial charge is 0.534 e. The van der Waals surface area contributed by atoms with Crippen molar-refractivity contribution < 1.29 is 49.0 Å². The number of aromatic hydroxyl groups is 2. The summed E-state index contributed by atoms with van der Waals surface area (Å²) in [5.41, 5.74) is 0.169. The SMILES string of the molecule is CCN1CCN(C(=O)NC(C(=O)N[C@H]2Cc3cccc(C(=O)O)c3OB2O)c2cc(O)cc(O)c2)C(=O)C1=O. The van der Waals surface area contributed by atoms with E-state index in [4.69, 9.17) is 4.65 Å². The number of imide groups is 1. The molecule has 6 N–H and O–H groups in total. The van der Waals surface area contributed by atoms with Gasteiger partial charge in [-0.1, -0.05) is 12.1 Å². The molecule has 0 aromatic heterocycles. The van der Waals surface area contributed by atoms with Gasteiger partial charge in [-0.2, -0.15) is 0 Å². The topological polar surface area (TPSA) is 206 Å². The van der Waals surface area contributed by atoms with Crippen molar-refractivity contribution >= 4 is 36.8 Å². The van der Waals surface area contributed by atoms with Crippen molar-refractivity contribution in [3.63, 3.8) is 0 Å². The van der Waals surface area contributed by atoms with Crippen molar-refractivity contribution in [1.29, 1.82) is 0 Å². The van der Waals surface area contributed by atoms with Crippen LogP contribution in [-0.4, -0.2) is 92.6 Å². The number of carbonyl (C=O) groups is 5. The number of hydrogen-bond donors (Lipinski definition) is 6. The molecule has 0 aliphatic carbocycles. The number of aromatic carboxylic acids is 1. The third-order valence-electron chi connectivity index (χ3n) is 6.40. The van der Waals surface area contributed by atoms with Gasteiger partial charge in [-0.3, -0.25) is 19.3 Å². The summed E-state index contributed by atoms with van der Waals surface area (Å²) in [5, 5.41) is 44.7. The van der Waals surface area contributed by atoms with Crippen molar-refractivity contribution in [2.24, 2.45) is 0 Å². The molecule has 2 heterocycles. The zero-order valence-corrected chi connectivity index (χ0v) is 20.7. The zero-order chi connectivity index (χ0) is 28.4. The van der Waals surface area contributed by atoms with E-state index in [0.29, 0.717) is 10.5 Å². The first-order valence-corrected chi connectivity index (χ1v) is 11.9. The van der Waals surface area contributed by atoms with E-state index in [-0.39, 0.29) is 42.9 Å². The molecule has 2 aromatic carbocycles. The average molecular weight is 540 g/mol. The molecular weight excluding hydrogens is 515 g/mol. The van der Waals surface area contributed by atoms with E-state index in [0.717, 1.165) is 18.2 Å². The van der Waals surface area contributed by atoms with E-state index in [9.17, 15) is 44.3 Å². The Bertz CT molecular complexity index is 1330. The van der Waals surface area contributed by atoms with Crippen molar-refractivity contribution in [2.45, 2.75) is 25.3 Å². The minimum absolute atomic E-state index is 0.0265. The summed E-state index contributed by atoms with van der Waals surface area (Å²) in [6.45, 7) is 1.93. The van der Waals surface area contributed by atoms with Gasteiger partial charge >= 0.3 is 30.9 Å². The number of carbonyl (C=O) groups excluding carboxylic acids is 4. The second-order valence-electron chi connectivity index (χ2n) is 8.93. The standard InChI is InChI=1S/C24H25BN4O10/c1-2-28-6-7-29(22(34)21(28)33)24(37)27-18(13-8-14(30)11-15(31)9-13)20(32)26-17-10-12-4-3-5-16(23(35)36)19(12)39-25(17)38/h3-5,8-9,11,17-18,30-31,38H,2,6-7,10H2,1H3,(H,26,32)(H,27,37)(H,35,36)/t17-,18?/m0/s1. The first-order valence-electron chi connectivity index (χ1n) is 11.9. The summed E-state index contributed by atoms with van der Waals surface area (Å²) in [7, 11) is -1.66. The van der Waals surface area contributed by atoms with Crippen molar-refractivity contribution in [2.75, 3.05) is 19.6 Å². The monoisotopic (exact) mass is 540 g/mol. The number of phenolic OH excluding ortho intramolecular Hbond substituents is 2. The highest BCUT2D eigenvalue weighted by Crippen LogP contribution is 2.31. The maximum absolute atomic E-state index is 13.4. The number of likely N-dealkylation sites (N-methyl/N-ethyl adjacent to an activating group) is 1. The molecule has 0 radical (unpaired) electrons. The van der Waals surface area contributed by atoms with Crippen LogP contribution in [0.4, 0.5) is 4.79 Å². The number of carboxylic acid groups (broad SMARTS) is 1. The van der Waals surface area contributed by atoms with E-state index in [1.165, 1.54) is 17.0 Å². The lowest BCUT2D eigenvalue weighted by Crippen LogP contribution is -2.60. The molecule has 0 saturated carbocycles. The molecule has 2 atom stereocenters. The van der Waals surface area contributed by atoms with Crippen LogP contribution in [-0.2, 0) is 20.8 Å². The first kappa shape index (κ1) is 27.3. The molecule has 14 nitrogen and oxygen atoms in total. The molecule has 39 heavy (non-hydrogen) atoms. The molecule has 1 unspecified atom stereocenters. The summed E-state index contributed by atoms with van der Waals surface area (Å²) in [5.74, 6) is -6.11. The van der Waals surface area contributed by atoms with E-state index in [2.05, 4.69) is 10.6 Å². The Morgan fingerprint density at radius 1 is 1.10 bits per heavy atom. The molecular formula is C24H25BN4O10. The molecule has 2 aliphatic rings. The predicted octanol–water partition coefficient (Wildman–Crippen LogP) is -0.623. The Balaban J connectivity index is 1.58. The van der Waals surface area contributed by atoms with Crippen LogP contribution >= 0.6 is 0 Å². The van der Waals surface area contributed by atoms with E-state index in [1.54, 1.807) is 13.0 Å². The number of benzene rings is 2. The number of hydrogen-bond acceptors (Lipinski definition) is 9. The molecule has 15 heteroatoms. The summed E-state index contributed by atoms with van der Waals surface area (Å²) in [6, 6.07) is 4.91. The maximum Gasteiger partial charge on any atom is 0.547 e. The summed E-state index contributed by atoms with van der Waals surface area (Å²) < 4.78 is 5.38. The lowest BCUT2D eigenvalue weighted by atomic mass is 9.72. The Kier molecular flexibility index (Phi) is 7.62. The molecule has 1 saturated heterocycles. The van der Waals surface area contributed by atoms with Crippen molar-refractivity contribution in [1.82, 2.24) is 20.4 Å². The highest BCUT2D eigenvalue weighted by molar-refractivity contribution is 6.47. The van der Waals surface area contributed by atoms with Gasteiger partial charge in [0.25, 0.3) is 0 Å². The van der Waals surface area contributed by atoms with Crippen LogP contribution in [0.25, 0.3) is 0 Å². The fourth-order valence-corrected chi connectivity index (χ4v) is 4.44. The van der Waals surface area contributed by atoms with Gasteiger partial charge in [-0.25, -0.2) is 9.59 Å². The summed E-state index contributed by atoms with van der Waals surface area (Å²) in [6.07, 6.45) is -0.0265. The quantitative estimate of drug-likeness (QED) is 0.202. The number of carboxylic acids is 1. The fraction of sp³-hybridized carbons (Fsp3) is 0.292. The third-order valence-corrected chi connectivity index (χ3v) is 6.40. The molecule has 2 aliphatic heterocycles. The minimum Gasteiger partial charge on any atom is -0.534 e. The maximum atomic E-state index is 13.4. The van der Waals surface area contributed by atoms with Gasteiger partial charge in [-0.15, -0.1) is 0 Å². The van der Waals surface area contributed by atoms with Crippen LogP contribution in [0.15, 0.2) is 36.4 Å². The number of rotatable bonds is 6. The average Bonchev–Trinajstić information content (AvgIpc) is 2.88. The molecule has 1 fully saturated rings. The lowest BCUT2D eigenvalue weighted by Gasteiger charge is -2.33. The summed E-state index contributed by atoms with van der Waals surface area (Å²) in [4.78, 5) is 64.6. The Morgan fingerprint density at radius 2 is 1.79 bits per heavy atom. The zero-order valence-electron chi connectivity index (χ0n) is 20.7. The third kappa shape index (κ3) is 5.57. The van der Waals surface area contributed by atoms with Gasteiger partial charge in [-0.05, 0) is 42.7 Å². The van der Waals surface area contributed by atoms with Gasteiger partial charge in [0.15, 0.2) is 0 Å². The van der Waals surface area contributed by atoms with Crippen LogP contribution in [0.2, 0.25) is 0 Å². The number of phenols is 2. The number of para-hydroxylation sites is 1. The Morgan fingerprint density at radius 3 is 2.44 bits per heavy atom. The fourth-order valence-electron chi connectivity index (χ4n) is 4.44. The van der Waals surface area contributed by atoms with Crippen LogP contribution < -0.4 is 15.3 Å². The molecule has 5 amide bonds. The first-order chi connectivity index (χ1) is 18.5. The van der Waals surface area contributed by atoms with Crippen LogP contribution in [0, 0.1) is 0 Å². The second-order valence-corrected chi connectivity index (χ2v) is 8.93. The van der Waals surface area contributed by atoms with Crippen LogP contribution in [0.1, 0.15) is 34.5 Å². The lowest BCUT2D eigenvalue weighted by molar-refractivity contribution is -0.153. The highest BCUT2D eigenvalue weighted by Gasteiger charge is 2.41. The van der Waals surface area contributed by atoms with E-state index in [1.807, 2.05) is 0 Å². The minimum atomic E-state index is -1.66. The van der Waals surface area contributed by atoms with Gasteiger partial charge < -0.3 is 40.5 Å². The number of amides is 5. The van der Waals surface area contributed by atoms with Crippen LogP contribution in [0.5, 0.6) is 17.2 Å². The second kappa shape index (κ2) is 10.9. The van der Waals surface area contributed by atoms with E-state index >= 15 is 0 Å². The predicted molar refractivity (Wildman–Crippen MR) is 133 cm³/mol.